The fraction of sp³-hybridized carbons (Fsp3) is 0.538. The fourth-order valence-electron chi connectivity index (χ4n) is 1.65. The molecule has 18 heavy (non-hydrogen) atoms. The highest BCUT2D eigenvalue weighted by Gasteiger charge is 2.14. The van der Waals surface area contributed by atoms with Crippen molar-refractivity contribution in [1.29, 1.82) is 0 Å². The molecule has 1 heterocycles. The maximum absolute atomic E-state index is 11.4. The normalized spacial score (nSPS) is 12.3. The van der Waals surface area contributed by atoms with Crippen molar-refractivity contribution >= 4 is 11.8 Å². The molecule has 5 heteroatoms. The molecule has 100 valence electrons. The van der Waals surface area contributed by atoms with Gasteiger partial charge in [-0.05, 0) is 25.0 Å². The SMILES string of the molecule is COC(=O)c1ccc(NC(CN)C(C)C)nc1C. The van der Waals surface area contributed by atoms with Gasteiger partial charge in [-0.2, -0.15) is 0 Å². The van der Waals surface area contributed by atoms with Gasteiger partial charge in [-0.25, -0.2) is 9.78 Å². The minimum Gasteiger partial charge on any atom is -0.465 e. The Kier molecular flexibility index (Phi) is 5.09. The second kappa shape index (κ2) is 6.35. The average Bonchev–Trinajstić information content (AvgIpc) is 2.34. The molecule has 1 rings (SSSR count). The summed E-state index contributed by atoms with van der Waals surface area (Å²) in [5, 5.41) is 3.26. The molecule has 0 fully saturated rings. The molecule has 0 radical (unpaired) electrons. The molecule has 0 spiro atoms. The van der Waals surface area contributed by atoms with Crippen molar-refractivity contribution in [3.8, 4) is 0 Å². The number of carbonyl (C=O) groups is 1. The standard InChI is InChI=1S/C13H21N3O2/c1-8(2)11(7-14)16-12-6-5-10(9(3)15-12)13(17)18-4/h5-6,8,11H,7,14H2,1-4H3,(H,15,16). The van der Waals surface area contributed by atoms with Gasteiger partial charge in [-0.1, -0.05) is 13.8 Å². The summed E-state index contributed by atoms with van der Waals surface area (Å²) in [5.74, 6) is 0.771. The van der Waals surface area contributed by atoms with Gasteiger partial charge in [-0.3, -0.25) is 0 Å². The maximum Gasteiger partial charge on any atom is 0.339 e. The zero-order valence-corrected chi connectivity index (χ0v) is 11.4. The summed E-state index contributed by atoms with van der Waals surface area (Å²) in [6, 6.07) is 3.65. The summed E-state index contributed by atoms with van der Waals surface area (Å²) in [5.41, 5.74) is 6.82. The van der Waals surface area contributed by atoms with Crippen LogP contribution < -0.4 is 11.1 Å². The van der Waals surface area contributed by atoms with Crippen molar-refractivity contribution in [1.82, 2.24) is 4.98 Å². The molecule has 5 nitrogen and oxygen atoms in total. The first kappa shape index (κ1) is 14.4. The fourth-order valence-corrected chi connectivity index (χ4v) is 1.65. The molecule has 1 aromatic rings. The molecule has 1 aromatic heterocycles. The van der Waals surface area contributed by atoms with Crippen LogP contribution in [0, 0.1) is 12.8 Å². The van der Waals surface area contributed by atoms with E-state index in [1.807, 2.05) is 0 Å². The Hall–Kier alpha value is -1.62. The zero-order valence-electron chi connectivity index (χ0n) is 11.4. The van der Waals surface area contributed by atoms with Gasteiger partial charge in [0.2, 0.25) is 0 Å². The van der Waals surface area contributed by atoms with E-state index in [1.54, 1.807) is 19.1 Å². The number of carbonyl (C=O) groups excluding carboxylic acids is 1. The van der Waals surface area contributed by atoms with E-state index in [0.29, 0.717) is 23.7 Å². The average molecular weight is 251 g/mol. The van der Waals surface area contributed by atoms with Crippen molar-refractivity contribution in [2.45, 2.75) is 26.8 Å². The van der Waals surface area contributed by atoms with Crippen LogP contribution in [0.2, 0.25) is 0 Å². The monoisotopic (exact) mass is 251 g/mol. The molecule has 3 N–H and O–H groups in total. The van der Waals surface area contributed by atoms with Gasteiger partial charge in [0.15, 0.2) is 0 Å². The van der Waals surface area contributed by atoms with E-state index >= 15 is 0 Å². The lowest BCUT2D eigenvalue weighted by Gasteiger charge is -2.21. The Morgan fingerprint density at radius 2 is 2.17 bits per heavy atom. The molecular formula is C13H21N3O2. The molecule has 0 aromatic carbocycles. The summed E-state index contributed by atoms with van der Waals surface area (Å²) in [6.45, 7) is 6.52. The Labute approximate surface area is 108 Å². The maximum atomic E-state index is 11.4. The van der Waals surface area contributed by atoms with E-state index in [2.05, 4.69) is 28.9 Å². The third-order valence-corrected chi connectivity index (χ3v) is 2.88. The van der Waals surface area contributed by atoms with Gasteiger partial charge in [0.05, 0.1) is 18.4 Å². The number of aryl methyl sites for hydroxylation is 1. The summed E-state index contributed by atoms with van der Waals surface area (Å²) >= 11 is 0. The Morgan fingerprint density at radius 1 is 1.50 bits per heavy atom. The van der Waals surface area contributed by atoms with E-state index in [1.165, 1.54) is 7.11 Å². The molecule has 0 amide bonds. The lowest BCUT2D eigenvalue weighted by atomic mass is 10.0. The number of methoxy groups -OCH3 is 1. The van der Waals surface area contributed by atoms with Crippen molar-refractivity contribution in [2.75, 3.05) is 19.0 Å². The third-order valence-electron chi connectivity index (χ3n) is 2.88. The Balaban J connectivity index is 2.87. The number of anilines is 1. The van der Waals surface area contributed by atoms with Gasteiger partial charge in [0, 0.05) is 12.6 Å². The Morgan fingerprint density at radius 3 is 2.61 bits per heavy atom. The topological polar surface area (TPSA) is 77.2 Å². The number of esters is 1. The molecule has 1 unspecified atom stereocenters. The summed E-state index contributed by atoms with van der Waals surface area (Å²) in [6.07, 6.45) is 0. The predicted octanol–water partition coefficient (Wildman–Crippen LogP) is 1.57. The van der Waals surface area contributed by atoms with Crippen molar-refractivity contribution < 1.29 is 9.53 Å². The van der Waals surface area contributed by atoms with Crippen LogP contribution in [0.4, 0.5) is 5.82 Å². The number of pyridine rings is 1. The smallest absolute Gasteiger partial charge is 0.339 e. The quantitative estimate of drug-likeness (QED) is 0.777. The summed E-state index contributed by atoms with van der Waals surface area (Å²) in [4.78, 5) is 15.8. The van der Waals surface area contributed by atoms with Gasteiger partial charge in [0.1, 0.15) is 5.82 Å². The molecule has 0 aliphatic rings. The van der Waals surface area contributed by atoms with Crippen LogP contribution in [0.25, 0.3) is 0 Å². The van der Waals surface area contributed by atoms with Gasteiger partial charge >= 0.3 is 5.97 Å². The number of hydrogen-bond donors (Lipinski definition) is 2. The molecule has 0 saturated heterocycles. The molecule has 1 atom stereocenters. The van der Waals surface area contributed by atoms with Crippen molar-refractivity contribution in [2.24, 2.45) is 11.7 Å². The minimum absolute atomic E-state index is 0.167. The number of ether oxygens (including phenoxy) is 1. The first-order valence-corrected chi connectivity index (χ1v) is 6.02. The number of aromatic nitrogens is 1. The first-order chi connectivity index (χ1) is 8.49. The number of nitrogens with two attached hydrogens (primary N) is 1. The highest BCUT2D eigenvalue weighted by atomic mass is 16.5. The lowest BCUT2D eigenvalue weighted by Crippen LogP contribution is -2.34. The first-order valence-electron chi connectivity index (χ1n) is 6.02. The molecular weight excluding hydrogens is 230 g/mol. The highest BCUT2D eigenvalue weighted by Crippen LogP contribution is 2.14. The van der Waals surface area contributed by atoms with E-state index in [9.17, 15) is 4.79 Å². The number of rotatable bonds is 5. The van der Waals surface area contributed by atoms with Crippen LogP contribution in [0.3, 0.4) is 0 Å². The second-order valence-electron chi connectivity index (χ2n) is 4.55. The van der Waals surface area contributed by atoms with E-state index < -0.39 is 0 Å². The van der Waals surface area contributed by atoms with Crippen LogP contribution in [0.1, 0.15) is 29.9 Å². The van der Waals surface area contributed by atoms with E-state index in [4.69, 9.17) is 5.73 Å². The van der Waals surface area contributed by atoms with E-state index in [-0.39, 0.29) is 12.0 Å². The minimum atomic E-state index is -0.370. The zero-order chi connectivity index (χ0) is 13.7. The lowest BCUT2D eigenvalue weighted by molar-refractivity contribution is 0.0599. The van der Waals surface area contributed by atoms with E-state index in [0.717, 1.165) is 5.82 Å². The summed E-state index contributed by atoms with van der Waals surface area (Å²) < 4.78 is 4.68. The third kappa shape index (κ3) is 3.43. The summed E-state index contributed by atoms with van der Waals surface area (Å²) in [7, 11) is 1.36. The van der Waals surface area contributed by atoms with Crippen LogP contribution >= 0.6 is 0 Å². The van der Waals surface area contributed by atoms with Gasteiger partial charge in [0.25, 0.3) is 0 Å². The van der Waals surface area contributed by atoms with Gasteiger partial charge < -0.3 is 15.8 Å². The molecule has 0 saturated carbocycles. The number of nitrogens with zero attached hydrogens (tertiary/aromatic N) is 1. The highest BCUT2D eigenvalue weighted by molar-refractivity contribution is 5.90. The van der Waals surface area contributed by atoms with Gasteiger partial charge in [-0.15, -0.1) is 0 Å². The van der Waals surface area contributed by atoms with Crippen molar-refractivity contribution in [3.63, 3.8) is 0 Å². The van der Waals surface area contributed by atoms with Crippen molar-refractivity contribution in [3.05, 3.63) is 23.4 Å². The predicted molar refractivity (Wildman–Crippen MR) is 71.6 cm³/mol. The number of hydrogen-bond acceptors (Lipinski definition) is 5. The molecule has 0 aliphatic carbocycles. The molecule has 0 bridgehead atoms. The second-order valence-corrected chi connectivity index (χ2v) is 4.55. The largest absolute Gasteiger partial charge is 0.465 e. The van der Waals surface area contributed by atoms with Crippen LogP contribution in [0.5, 0.6) is 0 Å². The van der Waals surface area contributed by atoms with Crippen LogP contribution in [0.15, 0.2) is 12.1 Å². The van der Waals surface area contributed by atoms with Crippen LogP contribution in [-0.4, -0.2) is 30.6 Å². The molecule has 0 aliphatic heterocycles. The van der Waals surface area contributed by atoms with Crippen LogP contribution in [-0.2, 0) is 4.74 Å². The number of nitrogens with one attached hydrogen (secondary N) is 1. The Bertz CT molecular complexity index is 419.